The lowest BCUT2D eigenvalue weighted by molar-refractivity contribution is 0.396. The van der Waals surface area contributed by atoms with Crippen molar-refractivity contribution in [2.24, 2.45) is 0 Å². The third-order valence-corrected chi connectivity index (χ3v) is 1.87. The fraction of sp³-hybridized carbons (Fsp3) is 0.200. The van der Waals surface area contributed by atoms with E-state index in [0.717, 1.165) is 17.0 Å². The quantitative estimate of drug-likeness (QED) is 0.727. The van der Waals surface area contributed by atoms with Crippen LogP contribution in [0.5, 0.6) is 5.88 Å². The Morgan fingerprint density at radius 2 is 2.21 bits per heavy atom. The first-order chi connectivity index (χ1) is 6.79. The number of aromatic nitrogens is 2. The second-order valence-electron chi connectivity index (χ2n) is 2.91. The average Bonchev–Trinajstić information content (AvgIpc) is 2.65. The van der Waals surface area contributed by atoms with Gasteiger partial charge >= 0.3 is 0 Å². The van der Waals surface area contributed by atoms with Gasteiger partial charge in [0, 0.05) is 23.9 Å². The zero-order valence-electron chi connectivity index (χ0n) is 8.02. The highest BCUT2D eigenvalue weighted by Crippen LogP contribution is 2.19. The van der Waals surface area contributed by atoms with Crippen LogP contribution in [0.25, 0.3) is 11.3 Å². The maximum absolute atomic E-state index is 4.97. The minimum atomic E-state index is 0.592. The molecule has 0 aliphatic rings. The van der Waals surface area contributed by atoms with Crippen molar-refractivity contribution < 1.29 is 9.26 Å². The molecule has 2 aromatic rings. The smallest absolute Gasteiger partial charge is 0.212 e. The number of aryl methyl sites for hydroxylation is 1. The Morgan fingerprint density at radius 3 is 2.71 bits per heavy atom. The van der Waals surface area contributed by atoms with Gasteiger partial charge in [-0.05, 0) is 13.0 Å². The fourth-order valence-electron chi connectivity index (χ4n) is 1.16. The summed E-state index contributed by atoms with van der Waals surface area (Å²) < 4.78 is 9.92. The van der Waals surface area contributed by atoms with Crippen molar-refractivity contribution in [1.29, 1.82) is 0 Å². The molecular weight excluding hydrogens is 180 g/mol. The van der Waals surface area contributed by atoms with Crippen LogP contribution in [-0.4, -0.2) is 17.3 Å². The third-order valence-electron chi connectivity index (χ3n) is 1.87. The number of nitrogens with zero attached hydrogens (tertiary/aromatic N) is 2. The third kappa shape index (κ3) is 1.59. The molecule has 0 N–H and O–H groups in total. The van der Waals surface area contributed by atoms with E-state index in [1.54, 1.807) is 19.4 Å². The van der Waals surface area contributed by atoms with Gasteiger partial charge < -0.3 is 9.26 Å². The summed E-state index contributed by atoms with van der Waals surface area (Å²) in [6.45, 7) is 1.85. The Balaban J connectivity index is 2.33. The summed E-state index contributed by atoms with van der Waals surface area (Å²) in [6.07, 6.45) is 1.70. The summed E-state index contributed by atoms with van der Waals surface area (Å²) in [5.74, 6) is 1.38. The molecule has 0 aliphatic carbocycles. The van der Waals surface area contributed by atoms with Crippen LogP contribution in [0.1, 0.15) is 5.76 Å². The molecule has 4 heteroatoms. The predicted octanol–water partition coefficient (Wildman–Crippen LogP) is 2.05. The highest BCUT2D eigenvalue weighted by molar-refractivity contribution is 5.57. The van der Waals surface area contributed by atoms with Gasteiger partial charge in [0.25, 0.3) is 0 Å². The SMILES string of the molecule is COc1ccc(-c2cc(C)on2)cn1. The van der Waals surface area contributed by atoms with Crippen LogP contribution in [0, 0.1) is 6.92 Å². The molecule has 0 saturated carbocycles. The normalized spacial score (nSPS) is 10.1. The van der Waals surface area contributed by atoms with Crippen molar-refractivity contribution in [3.63, 3.8) is 0 Å². The monoisotopic (exact) mass is 190 g/mol. The van der Waals surface area contributed by atoms with E-state index in [0.29, 0.717) is 5.88 Å². The molecule has 0 bridgehead atoms. The molecule has 0 amide bonds. The lowest BCUT2D eigenvalue weighted by Crippen LogP contribution is -1.86. The maximum Gasteiger partial charge on any atom is 0.212 e. The van der Waals surface area contributed by atoms with E-state index in [9.17, 15) is 0 Å². The summed E-state index contributed by atoms with van der Waals surface area (Å²) in [5, 5.41) is 3.89. The van der Waals surface area contributed by atoms with E-state index < -0.39 is 0 Å². The van der Waals surface area contributed by atoms with Crippen molar-refractivity contribution in [1.82, 2.24) is 10.1 Å². The molecule has 0 radical (unpaired) electrons. The van der Waals surface area contributed by atoms with Gasteiger partial charge in [-0.2, -0.15) is 0 Å². The van der Waals surface area contributed by atoms with Crippen LogP contribution in [0.3, 0.4) is 0 Å². The maximum atomic E-state index is 4.97. The fourth-order valence-corrected chi connectivity index (χ4v) is 1.16. The van der Waals surface area contributed by atoms with E-state index in [1.165, 1.54) is 0 Å². The number of ether oxygens (including phenoxy) is 1. The molecule has 72 valence electrons. The molecule has 0 fully saturated rings. The topological polar surface area (TPSA) is 48.2 Å². The van der Waals surface area contributed by atoms with E-state index in [-0.39, 0.29) is 0 Å². The van der Waals surface area contributed by atoms with Crippen LogP contribution in [0.4, 0.5) is 0 Å². The zero-order chi connectivity index (χ0) is 9.97. The Kier molecular flexibility index (Phi) is 2.18. The van der Waals surface area contributed by atoms with Crippen molar-refractivity contribution >= 4 is 0 Å². The van der Waals surface area contributed by atoms with Crippen LogP contribution in [-0.2, 0) is 0 Å². The first-order valence-corrected chi connectivity index (χ1v) is 4.23. The second-order valence-corrected chi connectivity index (χ2v) is 2.91. The molecule has 14 heavy (non-hydrogen) atoms. The van der Waals surface area contributed by atoms with Crippen molar-refractivity contribution in [3.8, 4) is 17.1 Å². The van der Waals surface area contributed by atoms with Crippen molar-refractivity contribution in [2.45, 2.75) is 6.92 Å². The Hall–Kier alpha value is -1.84. The molecule has 0 saturated heterocycles. The Bertz CT molecular complexity index is 420. The average molecular weight is 190 g/mol. The molecule has 0 aromatic carbocycles. The van der Waals surface area contributed by atoms with E-state index in [4.69, 9.17) is 9.26 Å². The molecule has 2 rings (SSSR count). The molecule has 0 spiro atoms. The van der Waals surface area contributed by atoms with Crippen LogP contribution < -0.4 is 4.74 Å². The number of hydrogen-bond donors (Lipinski definition) is 0. The lowest BCUT2D eigenvalue weighted by atomic mass is 10.2. The van der Waals surface area contributed by atoms with Gasteiger partial charge in [0.15, 0.2) is 0 Å². The number of pyridine rings is 1. The Labute approximate surface area is 81.5 Å². The molecule has 0 unspecified atom stereocenters. The van der Waals surface area contributed by atoms with Crippen molar-refractivity contribution in [2.75, 3.05) is 7.11 Å². The number of hydrogen-bond acceptors (Lipinski definition) is 4. The summed E-state index contributed by atoms with van der Waals surface area (Å²) in [7, 11) is 1.59. The van der Waals surface area contributed by atoms with Crippen molar-refractivity contribution in [3.05, 3.63) is 30.2 Å². The Morgan fingerprint density at radius 1 is 1.36 bits per heavy atom. The first kappa shape index (κ1) is 8.74. The summed E-state index contributed by atoms with van der Waals surface area (Å²) in [5.41, 5.74) is 1.71. The molecular formula is C10H10N2O2. The molecule has 2 aromatic heterocycles. The van der Waals surface area contributed by atoms with Crippen LogP contribution >= 0.6 is 0 Å². The second kappa shape index (κ2) is 3.49. The summed E-state index contributed by atoms with van der Waals surface area (Å²) >= 11 is 0. The number of methoxy groups -OCH3 is 1. The minimum Gasteiger partial charge on any atom is -0.481 e. The summed E-state index contributed by atoms with van der Waals surface area (Å²) in [6, 6.07) is 5.55. The minimum absolute atomic E-state index is 0.592. The van der Waals surface area contributed by atoms with Crippen LogP contribution in [0.15, 0.2) is 28.9 Å². The van der Waals surface area contributed by atoms with Crippen LogP contribution in [0.2, 0.25) is 0 Å². The first-order valence-electron chi connectivity index (χ1n) is 4.23. The number of rotatable bonds is 2. The molecule has 2 heterocycles. The predicted molar refractivity (Wildman–Crippen MR) is 51.0 cm³/mol. The van der Waals surface area contributed by atoms with Gasteiger partial charge in [-0.1, -0.05) is 5.16 Å². The van der Waals surface area contributed by atoms with Gasteiger partial charge in [0.05, 0.1) is 7.11 Å². The van der Waals surface area contributed by atoms with Gasteiger partial charge in [0.1, 0.15) is 11.5 Å². The highest BCUT2D eigenvalue weighted by Gasteiger charge is 2.03. The zero-order valence-corrected chi connectivity index (χ0v) is 8.02. The lowest BCUT2D eigenvalue weighted by Gasteiger charge is -1.98. The molecule has 0 aliphatic heterocycles. The van der Waals surface area contributed by atoms with Gasteiger partial charge in [-0.15, -0.1) is 0 Å². The van der Waals surface area contributed by atoms with E-state index >= 15 is 0 Å². The highest BCUT2D eigenvalue weighted by atomic mass is 16.5. The largest absolute Gasteiger partial charge is 0.481 e. The van der Waals surface area contributed by atoms with E-state index in [2.05, 4.69) is 10.1 Å². The molecule has 0 atom stereocenters. The van der Waals surface area contributed by atoms with Gasteiger partial charge in [-0.25, -0.2) is 4.98 Å². The summed E-state index contributed by atoms with van der Waals surface area (Å²) in [4.78, 5) is 4.08. The van der Waals surface area contributed by atoms with Gasteiger partial charge in [0.2, 0.25) is 5.88 Å². The molecule has 4 nitrogen and oxygen atoms in total. The van der Waals surface area contributed by atoms with Gasteiger partial charge in [-0.3, -0.25) is 0 Å². The standard InChI is InChI=1S/C10H10N2O2/c1-7-5-9(12-14-7)8-3-4-10(13-2)11-6-8/h3-6H,1-2H3. The van der Waals surface area contributed by atoms with E-state index in [1.807, 2.05) is 19.1 Å².